The number of piperidine rings is 1. The van der Waals surface area contributed by atoms with Crippen molar-refractivity contribution in [3.05, 3.63) is 65.7 Å². The predicted molar refractivity (Wildman–Crippen MR) is 152 cm³/mol. The van der Waals surface area contributed by atoms with Gasteiger partial charge in [0.25, 0.3) is 0 Å². The lowest BCUT2D eigenvalue weighted by atomic mass is 9.82. The van der Waals surface area contributed by atoms with E-state index in [1.165, 1.54) is 30.3 Å². The van der Waals surface area contributed by atoms with Gasteiger partial charge < -0.3 is 14.9 Å². The van der Waals surface area contributed by atoms with E-state index in [-0.39, 0.29) is 28.3 Å². The molecule has 0 amide bonds. The number of benzene rings is 2. The Labute approximate surface area is 237 Å². The molecule has 2 atom stereocenters. The van der Waals surface area contributed by atoms with Crippen LogP contribution >= 0.6 is 0 Å². The monoisotopic (exact) mass is 576 g/mol. The molecule has 40 heavy (non-hydrogen) atoms. The molecule has 1 N–H and O–H groups in total. The fourth-order valence-electron chi connectivity index (χ4n) is 6.53. The number of aliphatic carboxylic acids is 1. The van der Waals surface area contributed by atoms with Crippen LogP contribution in [-0.2, 0) is 14.6 Å². The number of likely N-dealkylation sites (tertiary alicyclic amines) is 2. The molecule has 6 nitrogen and oxygen atoms in total. The van der Waals surface area contributed by atoms with Crippen LogP contribution in [-0.4, -0.2) is 74.3 Å². The van der Waals surface area contributed by atoms with Gasteiger partial charge in [-0.05, 0) is 99.0 Å². The summed E-state index contributed by atoms with van der Waals surface area (Å²) in [5.41, 5.74) is 0.177. The first-order valence-electron chi connectivity index (χ1n) is 14.5. The molecule has 9 heteroatoms. The Kier molecular flexibility index (Phi) is 10.0. The van der Waals surface area contributed by atoms with Crippen molar-refractivity contribution in [1.29, 1.82) is 0 Å². The normalized spacial score (nSPS) is 21.6. The lowest BCUT2D eigenvalue weighted by Crippen LogP contribution is -2.42. The van der Waals surface area contributed by atoms with Gasteiger partial charge in [-0.1, -0.05) is 26.0 Å². The Morgan fingerprint density at radius 1 is 0.975 bits per heavy atom. The zero-order valence-electron chi connectivity index (χ0n) is 23.6. The van der Waals surface area contributed by atoms with Gasteiger partial charge in [-0.25, -0.2) is 17.2 Å². The fraction of sp³-hybridized carbons (Fsp3) is 0.581. The van der Waals surface area contributed by atoms with Crippen LogP contribution in [0, 0.1) is 28.9 Å². The lowest BCUT2D eigenvalue weighted by Gasteiger charge is -2.35. The van der Waals surface area contributed by atoms with Gasteiger partial charge in [0, 0.05) is 32.1 Å². The molecule has 0 spiro atoms. The third-order valence-electron chi connectivity index (χ3n) is 9.29. The number of hydrogen-bond donors (Lipinski definition) is 1. The molecule has 0 aliphatic carbocycles. The highest BCUT2D eigenvalue weighted by atomic mass is 32.2. The summed E-state index contributed by atoms with van der Waals surface area (Å²) in [4.78, 5) is 17.0. The molecule has 2 aliphatic rings. The van der Waals surface area contributed by atoms with E-state index in [0.29, 0.717) is 38.3 Å². The molecular formula is C31H42F2N2O4S. The Balaban J connectivity index is 1.36. The molecule has 0 saturated carbocycles. The van der Waals surface area contributed by atoms with Crippen molar-refractivity contribution in [1.82, 2.24) is 9.80 Å². The first-order valence-corrected chi connectivity index (χ1v) is 16.1. The molecule has 2 saturated heterocycles. The number of carbonyl (C=O) groups is 1. The van der Waals surface area contributed by atoms with Crippen LogP contribution in [0.15, 0.2) is 53.4 Å². The summed E-state index contributed by atoms with van der Waals surface area (Å²) < 4.78 is 52.7. The Hall–Kier alpha value is -2.36. The summed E-state index contributed by atoms with van der Waals surface area (Å²) in [6.07, 6.45) is 3.54. The molecule has 220 valence electrons. The van der Waals surface area contributed by atoms with Crippen LogP contribution in [0.5, 0.6) is 0 Å². The van der Waals surface area contributed by atoms with E-state index in [2.05, 4.69) is 9.80 Å². The van der Waals surface area contributed by atoms with Crippen LogP contribution in [0.3, 0.4) is 0 Å². The number of hydrogen-bond acceptors (Lipinski definition) is 5. The Bertz CT molecular complexity index is 1240. The van der Waals surface area contributed by atoms with Crippen molar-refractivity contribution in [2.75, 3.05) is 45.0 Å². The van der Waals surface area contributed by atoms with Crippen molar-refractivity contribution >= 4 is 15.8 Å². The summed E-state index contributed by atoms with van der Waals surface area (Å²) >= 11 is 0. The van der Waals surface area contributed by atoms with Gasteiger partial charge in [-0.3, -0.25) is 4.79 Å². The van der Waals surface area contributed by atoms with Gasteiger partial charge >= 0.3 is 5.97 Å². The maximum Gasteiger partial charge on any atom is 0.310 e. The molecule has 4 rings (SSSR count). The first kappa shape index (κ1) is 30.6. The largest absolute Gasteiger partial charge is 0.481 e. The average molecular weight is 577 g/mol. The van der Waals surface area contributed by atoms with E-state index in [4.69, 9.17) is 0 Å². The highest BCUT2D eigenvalue weighted by molar-refractivity contribution is 7.91. The molecule has 2 aliphatic heterocycles. The van der Waals surface area contributed by atoms with Gasteiger partial charge in [0.1, 0.15) is 11.6 Å². The van der Waals surface area contributed by atoms with E-state index in [9.17, 15) is 27.1 Å². The molecule has 2 aromatic rings. The number of carboxylic acid groups (broad SMARTS) is 1. The van der Waals surface area contributed by atoms with Crippen LogP contribution < -0.4 is 0 Å². The zero-order valence-corrected chi connectivity index (χ0v) is 24.4. The molecule has 2 fully saturated rings. The molecule has 2 aromatic carbocycles. The number of sulfone groups is 1. The van der Waals surface area contributed by atoms with Crippen LogP contribution in [0.4, 0.5) is 8.78 Å². The van der Waals surface area contributed by atoms with Crippen molar-refractivity contribution in [3.63, 3.8) is 0 Å². The zero-order chi connectivity index (χ0) is 28.9. The third-order valence-corrected chi connectivity index (χ3v) is 11.1. The Morgan fingerprint density at radius 3 is 2.25 bits per heavy atom. The second kappa shape index (κ2) is 13.1. The van der Waals surface area contributed by atoms with E-state index < -0.39 is 27.0 Å². The van der Waals surface area contributed by atoms with Gasteiger partial charge in [0.15, 0.2) is 9.84 Å². The van der Waals surface area contributed by atoms with E-state index in [1.807, 2.05) is 19.9 Å². The van der Waals surface area contributed by atoms with Crippen molar-refractivity contribution in [2.24, 2.45) is 17.3 Å². The quantitative estimate of drug-likeness (QED) is 0.339. The van der Waals surface area contributed by atoms with Crippen LogP contribution in [0.2, 0.25) is 0 Å². The predicted octanol–water partition coefficient (Wildman–Crippen LogP) is 5.45. The fourth-order valence-corrected chi connectivity index (χ4v) is 7.96. The minimum Gasteiger partial charge on any atom is -0.481 e. The summed E-state index contributed by atoms with van der Waals surface area (Å²) in [6.45, 7) is 8.42. The van der Waals surface area contributed by atoms with E-state index in [0.717, 1.165) is 44.6 Å². The highest BCUT2D eigenvalue weighted by Gasteiger charge is 2.42. The van der Waals surface area contributed by atoms with Crippen molar-refractivity contribution in [3.8, 4) is 0 Å². The standard InChI is InChI=1S/C31H42F2N2O4S/c1-3-31(4-2,30(36)37)22-35-20-25(29(21-35)24-6-5-7-27(33)18-24)19-34-15-12-23(13-16-34)14-17-40(38,39)28-10-8-26(32)9-11-28/h5-11,18,23,25,29H,3-4,12-17,19-22H2,1-2H3,(H,36,37)/t25-,29+/m0/s1. The molecule has 2 heterocycles. The Morgan fingerprint density at radius 2 is 1.65 bits per heavy atom. The molecule has 0 radical (unpaired) electrons. The number of nitrogens with zero attached hydrogens (tertiary/aromatic N) is 2. The number of rotatable bonds is 12. The van der Waals surface area contributed by atoms with Gasteiger partial charge in [-0.2, -0.15) is 0 Å². The molecule has 0 aromatic heterocycles. The van der Waals surface area contributed by atoms with E-state index >= 15 is 0 Å². The summed E-state index contributed by atoms with van der Waals surface area (Å²) in [6, 6.07) is 11.8. The van der Waals surface area contributed by atoms with Crippen LogP contribution in [0.1, 0.15) is 57.4 Å². The summed E-state index contributed by atoms with van der Waals surface area (Å²) in [5.74, 6) is -0.723. The number of carboxylic acids is 1. The van der Waals surface area contributed by atoms with Crippen molar-refractivity contribution < 1.29 is 27.1 Å². The topological polar surface area (TPSA) is 77.9 Å². The second-order valence-corrected chi connectivity index (χ2v) is 13.8. The smallest absolute Gasteiger partial charge is 0.310 e. The summed E-state index contributed by atoms with van der Waals surface area (Å²) in [5, 5.41) is 9.99. The molecular weight excluding hydrogens is 534 g/mol. The SMILES string of the molecule is CCC(CC)(CN1C[C@H](CN2CCC(CCS(=O)(=O)c3ccc(F)cc3)CC2)[C@@H](c2cccc(F)c2)C1)C(=O)O. The van der Waals surface area contributed by atoms with Gasteiger partial charge in [0.2, 0.25) is 0 Å². The minimum atomic E-state index is -3.44. The maximum absolute atomic E-state index is 14.2. The lowest BCUT2D eigenvalue weighted by molar-refractivity contribution is -0.150. The molecule has 0 unspecified atom stereocenters. The average Bonchev–Trinajstić information content (AvgIpc) is 3.33. The minimum absolute atomic E-state index is 0.0582. The molecule has 0 bridgehead atoms. The van der Waals surface area contributed by atoms with Gasteiger partial charge in [0.05, 0.1) is 16.1 Å². The first-order chi connectivity index (χ1) is 19.0. The number of halogens is 2. The third kappa shape index (κ3) is 7.28. The highest BCUT2D eigenvalue weighted by Crippen LogP contribution is 2.38. The summed E-state index contributed by atoms with van der Waals surface area (Å²) in [7, 11) is -3.44. The van der Waals surface area contributed by atoms with Crippen molar-refractivity contribution in [2.45, 2.75) is 56.8 Å². The van der Waals surface area contributed by atoms with Crippen LogP contribution in [0.25, 0.3) is 0 Å². The van der Waals surface area contributed by atoms with Gasteiger partial charge in [-0.15, -0.1) is 0 Å². The maximum atomic E-state index is 14.2. The second-order valence-electron chi connectivity index (χ2n) is 11.7. The van der Waals surface area contributed by atoms with E-state index in [1.54, 1.807) is 12.1 Å².